The van der Waals surface area contributed by atoms with Crippen LogP contribution in [-0.2, 0) is 16.1 Å². The van der Waals surface area contributed by atoms with Crippen molar-refractivity contribution in [3.63, 3.8) is 0 Å². The Morgan fingerprint density at radius 1 is 0.826 bits per heavy atom. The number of amides is 3. The summed E-state index contributed by atoms with van der Waals surface area (Å²) in [5, 5.41) is 14.4. The molecule has 2 aromatic heterocycles. The average molecular weight is 645 g/mol. The molecule has 3 N–H and O–H groups in total. The highest BCUT2D eigenvalue weighted by Gasteiger charge is 2.18. The fraction of sp³-hybridized carbons (Fsp3) is 0.108. The minimum Gasteiger partial charge on any atom is -0.341 e. The van der Waals surface area contributed by atoms with Gasteiger partial charge in [0, 0.05) is 50.2 Å². The third-order valence-corrected chi connectivity index (χ3v) is 9.35. The van der Waals surface area contributed by atoms with E-state index in [1.807, 2.05) is 66.2 Å². The molecule has 0 aliphatic heterocycles. The van der Waals surface area contributed by atoms with E-state index in [1.165, 1.54) is 28.6 Å². The quantitative estimate of drug-likeness (QED) is 0.103. The first-order valence-electron chi connectivity index (χ1n) is 14.9. The van der Waals surface area contributed by atoms with Crippen molar-refractivity contribution in [3.8, 4) is 0 Å². The Morgan fingerprint density at radius 3 is 2.28 bits per heavy atom. The van der Waals surface area contributed by atoms with Crippen LogP contribution in [0.1, 0.15) is 29.8 Å². The van der Waals surface area contributed by atoms with Gasteiger partial charge in [-0.15, -0.1) is 11.8 Å². The molecule has 1 unspecified atom stereocenters. The first-order chi connectivity index (χ1) is 22.4. The molecule has 3 amide bonds. The van der Waals surface area contributed by atoms with Crippen molar-refractivity contribution >= 4 is 80.1 Å². The Balaban J connectivity index is 1.10. The van der Waals surface area contributed by atoms with Gasteiger partial charge in [0.15, 0.2) is 0 Å². The van der Waals surface area contributed by atoms with E-state index in [2.05, 4.69) is 45.6 Å². The number of aryl methyl sites for hydroxylation is 1. The number of thiophene rings is 1. The Labute approximate surface area is 275 Å². The highest BCUT2D eigenvalue weighted by molar-refractivity contribution is 8.00. The van der Waals surface area contributed by atoms with Crippen molar-refractivity contribution in [1.29, 1.82) is 0 Å². The van der Waals surface area contributed by atoms with Crippen molar-refractivity contribution in [2.45, 2.75) is 30.5 Å². The number of anilines is 2. The van der Waals surface area contributed by atoms with Crippen molar-refractivity contribution in [2.75, 3.05) is 10.6 Å². The second kappa shape index (κ2) is 13.9. The zero-order chi connectivity index (χ0) is 32.0. The van der Waals surface area contributed by atoms with Gasteiger partial charge in [-0.05, 0) is 103 Å². The summed E-state index contributed by atoms with van der Waals surface area (Å²) in [7, 11) is 0. The third-order valence-electron chi connectivity index (χ3n) is 7.53. The maximum absolute atomic E-state index is 13.3. The number of carbonyl (C=O) groups excluding carboxylic acids is 3. The van der Waals surface area contributed by atoms with E-state index in [0.29, 0.717) is 11.3 Å². The summed E-state index contributed by atoms with van der Waals surface area (Å²) in [6, 6.07) is 32.3. The average Bonchev–Trinajstić information content (AvgIpc) is 3.71. The molecule has 0 saturated heterocycles. The summed E-state index contributed by atoms with van der Waals surface area (Å²) in [6.07, 6.45) is 1.65. The molecule has 230 valence electrons. The molecule has 2 heterocycles. The Kier molecular flexibility index (Phi) is 9.33. The summed E-state index contributed by atoms with van der Waals surface area (Å²) in [5.41, 5.74) is 5.05. The van der Waals surface area contributed by atoms with Crippen molar-refractivity contribution in [3.05, 3.63) is 131 Å². The number of para-hydroxylation sites is 1. The molecule has 0 spiro atoms. The molecule has 7 nitrogen and oxygen atoms in total. The van der Waals surface area contributed by atoms with Crippen LogP contribution in [0.2, 0.25) is 0 Å². The Bertz CT molecular complexity index is 2050. The predicted molar refractivity (Wildman–Crippen MR) is 190 cm³/mol. The van der Waals surface area contributed by atoms with Gasteiger partial charge in [-0.3, -0.25) is 14.4 Å². The molecule has 1 atom stereocenters. The number of nitrogens with one attached hydrogen (secondary N) is 3. The van der Waals surface area contributed by atoms with E-state index in [0.717, 1.165) is 39.0 Å². The maximum atomic E-state index is 13.3. The molecule has 4 aromatic carbocycles. The molecule has 46 heavy (non-hydrogen) atoms. The van der Waals surface area contributed by atoms with Crippen LogP contribution < -0.4 is 16.0 Å². The van der Waals surface area contributed by atoms with E-state index in [4.69, 9.17) is 0 Å². The van der Waals surface area contributed by atoms with Crippen molar-refractivity contribution in [1.82, 2.24) is 9.88 Å². The van der Waals surface area contributed by atoms with Crippen LogP contribution in [0.15, 0.2) is 124 Å². The molecular weight excluding hydrogens is 613 g/mol. The van der Waals surface area contributed by atoms with Gasteiger partial charge in [-0.1, -0.05) is 36.4 Å². The number of nitrogens with zero attached hydrogens (tertiary/aromatic N) is 1. The van der Waals surface area contributed by atoms with Crippen LogP contribution in [0.25, 0.3) is 27.9 Å². The molecule has 0 bridgehead atoms. The van der Waals surface area contributed by atoms with Gasteiger partial charge in [0.25, 0.3) is 11.8 Å². The highest BCUT2D eigenvalue weighted by atomic mass is 32.2. The normalized spacial score (nSPS) is 12.2. The van der Waals surface area contributed by atoms with E-state index in [-0.39, 0.29) is 22.8 Å². The second-order valence-corrected chi connectivity index (χ2v) is 12.9. The Hall–Kier alpha value is -5.12. The summed E-state index contributed by atoms with van der Waals surface area (Å²) < 4.78 is 2.28. The number of hydrogen-bond acceptors (Lipinski definition) is 5. The zero-order valence-electron chi connectivity index (χ0n) is 25.3. The molecule has 0 radical (unpaired) electrons. The van der Waals surface area contributed by atoms with Crippen LogP contribution >= 0.6 is 23.1 Å². The summed E-state index contributed by atoms with van der Waals surface area (Å²) in [6.45, 7) is 4.87. The first kappa shape index (κ1) is 30.9. The topological polar surface area (TPSA) is 92.2 Å². The van der Waals surface area contributed by atoms with Gasteiger partial charge in [0.1, 0.15) is 5.70 Å². The van der Waals surface area contributed by atoms with E-state index >= 15 is 0 Å². The molecule has 0 fully saturated rings. The standard InChI is InChI=1S/C37H32N4O3S2/c1-3-41-33-12-8-7-11-30(33)31-22-28(15-18-34(31)41)39-35(42)24(2)46-29-16-13-27(14-17-29)38-37(44)32(21-25-19-20-45-23-25)40-36(43)26-9-5-4-6-10-26/h4-24H,3H2,1-2H3,(H,38,44)(H,39,42)(H,40,43)/b32-21-. The number of fused-ring (bicyclic) bond motifs is 3. The van der Waals surface area contributed by atoms with Gasteiger partial charge >= 0.3 is 0 Å². The number of thioether (sulfide) groups is 1. The van der Waals surface area contributed by atoms with Gasteiger partial charge in [0.05, 0.1) is 5.25 Å². The number of carbonyl (C=O) groups is 3. The molecule has 0 aliphatic rings. The zero-order valence-corrected chi connectivity index (χ0v) is 27.0. The largest absolute Gasteiger partial charge is 0.341 e. The van der Waals surface area contributed by atoms with Crippen LogP contribution in [0.3, 0.4) is 0 Å². The molecule has 0 saturated carbocycles. The SMILES string of the molecule is CCn1c2ccccc2c2cc(NC(=O)C(C)Sc3ccc(NC(=O)/C(=C/c4ccsc4)NC(=O)c4ccccc4)cc3)ccc21. The molecule has 6 rings (SSSR count). The minimum atomic E-state index is -0.442. The Morgan fingerprint density at radius 2 is 1.54 bits per heavy atom. The number of rotatable bonds is 10. The van der Waals surface area contributed by atoms with E-state index < -0.39 is 5.91 Å². The lowest BCUT2D eigenvalue weighted by Gasteiger charge is -2.14. The monoisotopic (exact) mass is 644 g/mol. The van der Waals surface area contributed by atoms with Crippen LogP contribution in [0.4, 0.5) is 11.4 Å². The van der Waals surface area contributed by atoms with Crippen molar-refractivity contribution < 1.29 is 14.4 Å². The predicted octanol–water partition coefficient (Wildman–Crippen LogP) is 8.40. The van der Waals surface area contributed by atoms with E-state index in [9.17, 15) is 14.4 Å². The fourth-order valence-corrected chi connectivity index (χ4v) is 6.74. The first-order valence-corrected chi connectivity index (χ1v) is 16.7. The number of aromatic nitrogens is 1. The second-order valence-electron chi connectivity index (χ2n) is 10.7. The van der Waals surface area contributed by atoms with Gasteiger partial charge in [0.2, 0.25) is 5.91 Å². The lowest BCUT2D eigenvalue weighted by Crippen LogP contribution is -2.30. The maximum Gasteiger partial charge on any atom is 0.272 e. The lowest BCUT2D eigenvalue weighted by atomic mass is 10.1. The highest BCUT2D eigenvalue weighted by Crippen LogP contribution is 2.32. The number of hydrogen-bond donors (Lipinski definition) is 3. The number of benzene rings is 4. The van der Waals surface area contributed by atoms with Crippen LogP contribution in [0.5, 0.6) is 0 Å². The molecule has 6 aromatic rings. The van der Waals surface area contributed by atoms with Crippen LogP contribution in [-0.4, -0.2) is 27.5 Å². The van der Waals surface area contributed by atoms with Crippen LogP contribution in [0, 0.1) is 0 Å². The third kappa shape index (κ3) is 6.91. The van der Waals surface area contributed by atoms with Crippen molar-refractivity contribution in [2.24, 2.45) is 0 Å². The fourth-order valence-electron chi connectivity index (χ4n) is 5.26. The van der Waals surface area contributed by atoms with Gasteiger partial charge in [-0.25, -0.2) is 0 Å². The summed E-state index contributed by atoms with van der Waals surface area (Å²) in [5.74, 6) is -0.912. The van der Waals surface area contributed by atoms with Gasteiger partial charge in [-0.2, -0.15) is 11.3 Å². The summed E-state index contributed by atoms with van der Waals surface area (Å²) >= 11 is 2.93. The lowest BCUT2D eigenvalue weighted by molar-refractivity contribution is -0.115. The van der Waals surface area contributed by atoms with Gasteiger partial charge < -0.3 is 20.5 Å². The summed E-state index contributed by atoms with van der Waals surface area (Å²) in [4.78, 5) is 40.1. The molecule has 9 heteroatoms. The smallest absolute Gasteiger partial charge is 0.272 e. The molecule has 0 aliphatic carbocycles. The molecular formula is C37H32N4O3S2. The van der Waals surface area contributed by atoms with E-state index in [1.54, 1.807) is 42.5 Å². The minimum absolute atomic E-state index is 0.0988.